The predicted molar refractivity (Wildman–Crippen MR) is 123 cm³/mol. The molecule has 1 saturated heterocycles. The van der Waals surface area contributed by atoms with Gasteiger partial charge in [0.15, 0.2) is 0 Å². The van der Waals surface area contributed by atoms with Crippen molar-refractivity contribution >= 4 is 11.8 Å². The summed E-state index contributed by atoms with van der Waals surface area (Å²) < 4.78 is 7.78. The van der Waals surface area contributed by atoms with E-state index >= 15 is 0 Å². The molecule has 2 aromatic rings. The summed E-state index contributed by atoms with van der Waals surface area (Å²) in [5, 5.41) is 4.25. The van der Waals surface area contributed by atoms with Crippen LogP contribution in [0.4, 0.5) is 0 Å². The number of carbonyl (C=O) groups excluding carboxylic acids is 2. The Morgan fingerprint density at radius 1 is 1.16 bits per heavy atom. The third kappa shape index (κ3) is 4.66. The molecule has 1 fully saturated rings. The zero-order valence-corrected chi connectivity index (χ0v) is 19.3. The average molecular weight is 439 g/mol. The maximum absolute atomic E-state index is 13.7. The van der Waals surface area contributed by atoms with Gasteiger partial charge in [0, 0.05) is 32.9 Å². The topological polar surface area (TPSA) is 67.7 Å². The number of carbonyl (C=O) groups is 2. The van der Waals surface area contributed by atoms with E-state index in [0.29, 0.717) is 31.8 Å². The maximum atomic E-state index is 13.7. The number of likely N-dealkylation sites (N-methyl/N-ethyl adjacent to an activating group) is 1. The van der Waals surface area contributed by atoms with E-state index in [1.54, 1.807) is 22.0 Å². The van der Waals surface area contributed by atoms with E-state index in [4.69, 9.17) is 4.74 Å². The third-order valence-corrected chi connectivity index (χ3v) is 6.88. The second kappa shape index (κ2) is 9.76. The van der Waals surface area contributed by atoms with E-state index in [0.717, 1.165) is 50.8 Å². The first-order valence-corrected chi connectivity index (χ1v) is 11.8. The van der Waals surface area contributed by atoms with E-state index in [1.165, 1.54) is 5.56 Å². The molecule has 1 atom stereocenters. The van der Waals surface area contributed by atoms with Crippen molar-refractivity contribution in [3.8, 4) is 5.75 Å². The van der Waals surface area contributed by atoms with Crippen LogP contribution in [0.15, 0.2) is 36.7 Å². The van der Waals surface area contributed by atoms with Gasteiger partial charge in [0.2, 0.25) is 5.91 Å². The summed E-state index contributed by atoms with van der Waals surface area (Å²) >= 11 is 0. The lowest BCUT2D eigenvalue weighted by Crippen LogP contribution is -2.54. The highest BCUT2D eigenvalue weighted by atomic mass is 16.5. The molecule has 1 unspecified atom stereocenters. The molecule has 2 amide bonds. The van der Waals surface area contributed by atoms with Crippen LogP contribution in [0, 0.1) is 5.41 Å². The number of amides is 2. The van der Waals surface area contributed by atoms with E-state index in [9.17, 15) is 9.59 Å². The van der Waals surface area contributed by atoms with Gasteiger partial charge in [0.05, 0.1) is 23.7 Å². The number of para-hydroxylation sites is 1. The lowest BCUT2D eigenvalue weighted by Gasteiger charge is -2.43. The molecule has 7 heteroatoms. The molecule has 3 heterocycles. The molecule has 1 spiro atoms. The predicted octanol–water partition coefficient (Wildman–Crippen LogP) is 3.39. The monoisotopic (exact) mass is 438 g/mol. The number of hydrogen-bond acceptors (Lipinski definition) is 4. The lowest BCUT2D eigenvalue weighted by atomic mass is 9.74. The molecule has 4 rings (SSSR count). The summed E-state index contributed by atoms with van der Waals surface area (Å²) in [7, 11) is 1.86. The van der Waals surface area contributed by atoms with Crippen LogP contribution in [0.1, 0.15) is 54.9 Å². The van der Waals surface area contributed by atoms with Gasteiger partial charge < -0.3 is 14.5 Å². The van der Waals surface area contributed by atoms with Crippen LogP contribution in [0.25, 0.3) is 0 Å². The van der Waals surface area contributed by atoms with Crippen LogP contribution in [0.2, 0.25) is 0 Å². The Morgan fingerprint density at radius 3 is 2.78 bits per heavy atom. The van der Waals surface area contributed by atoms with Crippen molar-refractivity contribution in [1.29, 1.82) is 0 Å². The van der Waals surface area contributed by atoms with Crippen molar-refractivity contribution in [3.05, 3.63) is 47.8 Å². The SMILES string of the molecule is CCn1cc(C(=O)N2CCCC3(CCCCc4ccccc4OCCN(C)C3=O)C2)cn1. The normalized spacial score (nSPS) is 22.6. The molecular weight excluding hydrogens is 404 g/mol. The highest BCUT2D eigenvalue weighted by Gasteiger charge is 2.44. The molecule has 0 aliphatic carbocycles. The van der Waals surface area contributed by atoms with E-state index in [2.05, 4.69) is 17.2 Å². The second-order valence-electron chi connectivity index (χ2n) is 9.09. The highest BCUT2D eigenvalue weighted by Crippen LogP contribution is 2.38. The third-order valence-electron chi connectivity index (χ3n) is 6.88. The smallest absolute Gasteiger partial charge is 0.257 e. The molecule has 7 nitrogen and oxygen atoms in total. The Bertz CT molecular complexity index is 956. The fraction of sp³-hybridized carbons (Fsp3) is 0.560. The first-order chi connectivity index (χ1) is 15.5. The lowest BCUT2D eigenvalue weighted by molar-refractivity contribution is -0.144. The quantitative estimate of drug-likeness (QED) is 0.721. The van der Waals surface area contributed by atoms with E-state index in [1.807, 2.05) is 31.0 Å². The van der Waals surface area contributed by atoms with Crippen LogP contribution in [0.3, 0.4) is 0 Å². The Balaban J connectivity index is 1.53. The summed E-state index contributed by atoms with van der Waals surface area (Å²) in [5.74, 6) is 1.03. The number of nitrogens with zero attached hydrogens (tertiary/aromatic N) is 4. The molecule has 1 aromatic heterocycles. The molecule has 0 saturated carbocycles. The maximum Gasteiger partial charge on any atom is 0.257 e. The fourth-order valence-electron chi connectivity index (χ4n) is 5.05. The van der Waals surface area contributed by atoms with Gasteiger partial charge in [-0.1, -0.05) is 24.6 Å². The average Bonchev–Trinajstić information content (AvgIpc) is 3.30. The first kappa shape index (κ1) is 22.4. The summed E-state index contributed by atoms with van der Waals surface area (Å²) in [5.41, 5.74) is 1.30. The summed E-state index contributed by atoms with van der Waals surface area (Å²) in [6.45, 7) is 4.89. The standard InChI is InChI=1S/C25H34N4O3/c1-3-29-18-21(17-26-29)23(30)28-14-8-13-25(19-28)12-7-6-10-20-9-4-5-11-22(20)32-16-15-27(2)24(25)31/h4-5,9,11,17-18H,3,6-8,10,12-16,19H2,1-2H3. The number of benzene rings is 1. The van der Waals surface area contributed by atoms with Crippen LogP contribution >= 0.6 is 0 Å². The number of aromatic nitrogens is 2. The Hall–Kier alpha value is -2.83. The highest BCUT2D eigenvalue weighted by molar-refractivity contribution is 5.94. The number of fused-ring (bicyclic) bond motifs is 1. The van der Waals surface area contributed by atoms with Crippen LogP contribution in [-0.4, -0.2) is 64.7 Å². The van der Waals surface area contributed by atoms with Gasteiger partial charge in [-0.3, -0.25) is 14.3 Å². The molecule has 2 aliphatic heterocycles. The summed E-state index contributed by atoms with van der Waals surface area (Å²) in [6, 6.07) is 8.18. The number of piperidine rings is 1. The minimum absolute atomic E-state index is 0.0254. The number of likely N-dealkylation sites (tertiary alicyclic amines) is 1. The van der Waals surface area contributed by atoms with Crippen molar-refractivity contribution in [2.24, 2.45) is 5.41 Å². The summed E-state index contributed by atoms with van der Waals surface area (Å²) in [6.07, 6.45) is 8.79. The van der Waals surface area contributed by atoms with Crippen molar-refractivity contribution in [2.75, 3.05) is 33.3 Å². The summed E-state index contributed by atoms with van der Waals surface area (Å²) in [4.78, 5) is 30.5. The number of ether oxygens (including phenoxy) is 1. The number of rotatable bonds is 2. The zero-order valence-electron chi connectivity index (χ0n) is 19.3. The molecule has 0 N–H and O–H groups in total. The molecule has 32 heavy (non-hydrogen) atoms. The minimum atomic E-state index is -0.526. The van der Waals surface area contributed by atoms with Crippen molar-refractivity contribution in [2.45, 2.75) is 52.0 Å². The van der Waals surface area contributed by atoms with Gasteiger partial charge in [0.25, 0.3) is 5.91 Å². The second-order valence-corrected chi connectivity index (χ2v) is 9.09. The molecule has 0 radical (unpaired) electrons. The number of hydrogen-bond donors (Lipinski definition) is 0. The molecule has 2 aliphatic rings. The van der Waals surface area contributed by atoms with Crippen molar-refractivity contribution in [1.82, 2.24) is 19.6 Å². The first-order valence-electron chi connectivity index (χ1n) is 11.8. The van der Waals surface area contributed by atoms with Crippen LogP contribution in [0.5, 0.6) is 5.75 Å². The Kier molecular flexibility index (Phi) is 6.82. The van der Waals surface area contributed by atoms with Crippen molar-refractivity contribution < 1.29 is 14.3 Å². The molecule has 1 aromatic carbocycles. The van der Waals surface area contributed by atoms with E-state index in [-0.39, 0.29) is 11.8 Å². The Morgan fingerprint density at radius 2 is 1.97 bits per heavy atom. The van der Waals surface area contributed by atoms with Gasteiger partial charge in [-0.25, -0.2) is 0 Å². The van der Waals surface area contributed by atoms with Gasteiger partial charge >= 0.3 is 0 Å². The van der Waals surface area contributed by atoms with Crippen LogP contribution in [-0.2, 0) is 17.8 Å². The zero-order chi connectivity index (χ0) is 22.6. The van der Waals surface area contributed by atoms with Gasteiger partial charge in [0.1, 0.15) is 12.4 Å². The largest absolute Gasteiger partial charge is 0.491 e. The van der Waals surface area contributed by atoms with Crippen LogP contribution < -0.4 is 4.74 Å². The molecule has 172 valence electrons. The fourth-order valence-corrected chi connectivity index (χ4v) is 5.05. The molecular formula is C25H34N4O3. The number of aryl methyl sites for hydroxylation is 2. The van der Waals surface area contributed by atoms with E-state index < -0.39 is 5.41 Å². The van der Waals surface area contributed by atoms with Gasteiger partial charge in [-0.15, -0.1) is 0 Å². The van der Waals surface area contributed by atoms with Gasteiger partial charge in [-0.05, 0) is 50.7 Å². The minimum Gasteiger partial charge on any atom is -0.491 e. The van der Waals surface area contributed by atoms with Gasteiger partial charge in [-0.2, -0.15) is 5.10 Å². The van der Waals surface area contributed by atoms with Crippen molar-refractivity contribution in [3.63, 3.8) is 0 Å². The molecule has 0 bridgehead atoms. The Labute approximate surface area is 190 Å².